The molecule has 2 aromatic carbocycles. The number of aryl methyl sites for hydroxylation is 2. The van der Waals surface area contributed by atoms with Gasteiger partial charge in [-0.05, 0) is 67.3 Å². The van der Waals surface area contributed by atoms with Gasteiger partial charge in [0.1, 0.15) is 0 Å². The third-order valence-corrected chi connectivity index (χ3v) is 7.26. The van der Waals surface area contributed by atoms with Crippen molar-refractivity contribution in [3.8, 4) is 0 Å². The second kappa shape index (κ2) is 11.9. The topological polar surface area (TPSA) is 151 Å². The highest BCUT2D eigenvalue weighted by molar-refractivity contribution is 5.94. The van der Waals surface area contributed by atoms with Crippen LogP contribution in [-0.2, 0) is 28.9 Å². The lowest BCUT2D eigenvalue weighted by Gasteiger charge is -2.25. The lowest BCUT2D eigenvalue weighted by atomic mass is 9.87. The molecule has 0 aromatic heterocycles. The molecule has 2 aliphatic rings. The molecule has 9 nitrogen and oxygen atoms in total. The average Bonchev–Trinajstić information content (AvgIpc) is 3.16. The quantitative estimate of drug-likeness (QED) is 0.286. The lowest BCUT2D eigenvalue weighted by molar-refractivity contribution is -0.142. The van der Waals surface area contributed by atoms with Gasteiger partial charge in [-0.1, -0.05) is 36.4 Å². The van der Waals surface area contributed by atoms with Gasteiger partial charge in [0, 0.05) is 24.7 Å². The van der Waals surface area contributed by atoms with Gasteiger partial charge in [0.15, 0.2) is 5.96 Å². The fourth-order valence-corrected chi connectivity index (χ4v) is 5.45. The largest absolute Gasteiger partial charge is 0.481 e. The maximum Gasteiger partial charge on any atom is 0.304 e. The molecule has 0 saturated carbocycles. The maximum atomic E-state index is 13.0. The number of nitrogens with zero attached hydrogens (tertiary/aromatic N) is 2. The van der Waals surface area contributed by atoms with Gasteiger partial charge >= 0.3 is 5.97 Å². The van der Waals surface area contributed by atoms with Crippen LogP contribution >= 0.6 is 0 Å². The molecule has 4 rings (SSSR count). The SMILES string of the molecule is NC(N)=NC1CCc2cc(C(=O)NC[C@@H]3C[C@@H](CC(=O)O)C(=O)N3CCCc3ccccc3)ccc2C1. The zero-order chi connectivity index (χ0) is 26.4. The number of carboxylic acids is 1. The van der Waals surface area contributed by atoms with Crippen LogP contribution in [0.5, 0.6) is 0 Å². The number of guanidine groups is 1. The summed E-state index contributed by atoms with van der Waals surface area (Å²) in [5.74, 6) is -1.79. The van der Waals surface area contributed by atoms with Crippen LogP contribution in [0.15, 0.2) is 53.5 Å². The molecule has 0 bridgehead atoms. The van der Waals surface area contributed by atoms with E-state index in [2.05, 4.69) is 22.4 Å². The minimum atomic E-state index is -0.983. The van der Waals surface area contributed by atoms with Crippen molar-refractivity contribution in [2.24, 2.45) is 22.4 Å². The summed E-state index contributed by atoms with van der Waals surface area (Å²) in [6.07, 6.45) is 4.18. The van der Waals surface area contributed by atoms with Crippen molar-refractivity contribution >= 4 is 23.7 Å². The van der Waals surface area contributed by atoms with Crippen LogP contribution in [0.1, 0.15) is 52.7 Å². The molecule has 3 atom stereocenters. The number of carbonyl (C=O) groups excluding carboxylic acids is 2. The van der Waals surface area contributed by atoms with Crippen molar-refractivity contribution in [2.75, 3.05) is 13.1 Å². The van der Waals surface area contributed by atoms with Gasteiger partial charge in [0.25, 0.3) is 5.91 Å². The number of benzene rings is 2. The number of amides is 2. The van der Waals surface area contributed by atoms with E-state index in [0.717, 1.165) is 43.2 Å². The molecule has 1 unspecified atom stereocenters. The molecule has 1 fully saturated rings. The summed E-state index contributed by atoms with van der Waals surface area (Å²) in [6, 6.07) is 15.6. The van der Waals surface area contributed by atoms with Crippen molar-refractivity contribution in [2.45, 2.75) is 57.0 Å². The predicted molar refractivity (Wildman–Crippen MR) is 141 cm³/mol. The van der Waals surface area contributed by atoms with E-state index in [1.807, 2.05) is 30.3 Å². The zero-order valence-corrected chi connectivity index (χ0v) is 20.9. The predicted octanol–water partition coefficient (Wildman–Crippen LogP) is 1.87. The summed E-state index contributed by atoms with van der Waals surface area (Å²) in [7, 11) is 0. The van der Waals surface area contributed by atoms with Crippen molar-refractivity contribution in [3.63, 3.8) is 0 Å². The molecule has 37 heavy (non-hydrogen) atoms. The molecule has 2 aromatic rings. The summed E-state index contributed by atoms with van der Waals surface area (Å²) in [6.45, 7) is 0.815. The van der Waals surface area contributed by atoms with Crippen LogP contribution in [0.2, 0.25) is 0 Å². The Kier molecular flexibility index (Phi) is 8.43. The number of hydrogen-bond acceptors (Lipinski definition) is 4. The van der Waals surface area contributed by atoms with Gasteiger partial charge in [0.05, 0.1) is 18.4 Å². The summed E-state index contributed by atoms with van der Waals surface area (Å²) in [4.78, 5) is 43.3. The third kappa shape index (κ3) is 6.87. The lowest BCUT2D eigenvalue weighted by Crippen LogP contribution is -2.42. The first kappa shape index (κ1) is 26.2. The molecule has 2 amide bonds. The minimum Gasteiger partial charge on any atom is -0.481 e. The number of aliphatic imine (C=N–C) groups is 1. The van der Waals surface area contributed by atoms with Gasteiger partial charge in [-0.2, -0.15) is 0 Å². The highest BCUT2D eigenvalue weighted by Gasteiger charge is 2.40. The smallest absolute Gasteiger partial charge is 0.304 e. The van der Waals surface area contributed by atoms with Crippen LogP contribution in [0.25, 0.3) is 0 Å². The van der Waals surface area contributed by atoms with Crippen molar-refractivity contribution < 1.29 is 19.5 Å². The molecule has 9 heteroatoms. The second-order valence-electron chi connectivity index (χ2n) is 9.95. The summed E-state index contributed by atoms with van der Waals surface area (Å²) in [5.41, 5.74) is 15.1. The monoisotopic (exact) mass is 505 g/mol. The Morgan fingerprint density at radius 1 is 1.11 bits per heavy atom. The minimum absolute atomic E-state index is 0.0590. The first-order valence-corrected chi connectivity index (χ1v) is 12.8. The number of nitrogens with one attached hydrogen (secondary N) is 1. The van der Waals surface area contributed by atoms with Gasteiger partial charge < -0.3 is 26.8 Å². The molecular formula is C28H35N5O4. The average molecular weight is 506 g/mol. The van der Waals surface area contributed by atoms with Gasteiger partial charge in [-0.15, -0.1) is 0 Å². The van der Waals surface area contributed by atoms with Crippen LogP contribution in [0, 0.1) is 5.92 Å². The Bertz CT molecular complexity index is 1160. The molecule has 0 spiro atoms. The van der Waals surface area contributed by atoms with Crippen LogP contribution < -0.4 is 16.8 Å². The van der Waals surface area contributed by atoms with Crippen molar-refractivity contribution in [1.29, 1.82) is 0 Å². The van der Waals surface area contributed by atoms with Crippen molar-refractivity contribution in [3.05, 3.63) is 70.8 Å². The number of carbonyl (C=O) groups is 3. The molecular weight excluding hydrogens is 470 g/mol. The first-order chi connectivity index (χ1) is 17.8. The summed E-state index contributed by atoms with van der Waals surface area (Å²) >= 11 is 0. The Labute approximate surface area is 216 Å². The number of aliphatic carboxylic acids is 1. The van der Waals surface area contributed by atoms with E-state index in [0.29, 0.717) is 18.5 Å². The first-order valence-electron chi connectivity index (χ1n) is 12.8. The van der Waals surface area contributed by atoms with E-state index in [1.165, 1.54) is 5.56 Å². The number of likely N-dealkylation sites (tertiary alicyclic amines) is 1. The number of nitrogens with two attached hydrogens (primary N) is 2. The Morgan fingerprint density at radius 2 is 1.89 bits per heavy atom. The molecule has 1 saturated heterocycles. The Morgan fingerprint density at radius 3 is 2.62 bits per heavy atom. The molecule has 1 aliphatic heterocycles. The molecule has 0 radical (unpaired) electrons. The summed E-state index contributed by atoms with van der Waals surface area (Å²) in [5, 5.41) is 12.2. The number of fused-ring (bicyclic) bond motifs is 1. The molecule has 1 heterocycles. The number of rotatable bonds is 10. The fraction of sp³-hybridized carbons (Fsp3) is 0.429. The van der Waals surface area contributed by atoms with E-state index < -0.39 is 11.9 Å². The summed E-state index contributed by atoms with van der Waals surface area (Å²) < 4.78 is 0. The maximum absolute atomic E-state index is 13.0. The molecule has 196 valence electrons. The highest BCUT2D eigenvalue weighted by Crippen LogP contribution is 2.28. The Balaban J connectivity index is 1.37. The van der Waals surface area contributed by atoms with E-state index in [4.69, 9.17) is 11.5 Å². The molecule has 1 aliphatic carbocycles. The van der Waals surface area contributed by atoms with Gasteiger partial charge in [-0.25, -0.2) is 4.99 Å². The fourth-order valence-electron chi connectivity index (χ4n) is 5.45. The number of carboxylic acid groups (broad SMARTS) is 1. The van der Waals surface area contributed by atoms with Crippen LogP contribution in [0.3, 0.4) is 0 Å². The third-order valence-electron chi connectivity index (χ3n) is 7.26. The second-order valence-corrected chi connectivity index (χ2v) is 9.95. The van der Waals surface area contributed by atoms with E-state index in [1.54, 1.807) is 11.0 Å². The van der Waals surface area contributed by atoms with Crippen LogP contribution in [0.4, 0.5) is 0 Å². The van der Waals surface area contributed by atoms with E-state index in [9.17, 15) is 19.5 Å². The standard InChI is InChI=1S/C28H35N5O4/c29-28(30)32-23-11-10-19-13-21(9-8-20(19)14-23)26(36)31-17-24-15-22(16-25(34)35)27(37)33(24)12-4-7-18-5-2-1-3-6-18/h1-3,5-6,8-9,13,22-24H,4,7,10-12,14-17H2,(H,31,36)(H,34,35)(H4,29,30,32)/t22-,23?,24-/m0/s1. The molecule has 6 N–H and O–H groups in total. The van der Waals surface area contributed by atoms with Gasteiger partial charge in [-0.3, -0.25) is 14.4 Å². The Hall–Kier alpha value is -3.88. The van der Waals surface area contributed by atoms with E-state index >= 15 is 0 Å². The normalized spacial score (nSPS) is 20.8. The highest BCUT2D eigenvalue weighted by atomic mass is 16.4. The zero-order valence-electron chi connectivity index (χ0n) is 20.9. The van der Waals surface area contributed by atoms with E-state index in [-0.39, 0.29) is 42.8 Å². The number of hydrogen-bond donors (Lipinski definition) is 4. The van der Waals surface area contributed by atoms with Crippen molar-refractivity contribution in [1.82, 2.24) is 10.2 Å². The van der Waals surface area contributed by atoms with Crippen LogP contribution in [-0.4, -0.2) is 58.9 Å². The van der Waals surface area contributed by atoms with Gasteiger partial charge in [0.2, 0.25) is 5.91 Å².